The van der Waals surface area contributed by atoms with Crippen LogP contribution in [0.2, 0.25) is 0 Å². The molecule has 1 aliphatic heterocycles. The van der Waals surface area contributed by atoms with Gasteiger partial charge in [0.25, 0.3) is 0 Å². The molecule has 2 unspecified atom stereocenters. The summed E-state index contributed by atoms with van der Waals surface area (Å²) in [4.78, 5) is 15.2. The predicted octanol–water partition coefficient (Wildman–Crippen LogP) is 0.0751. The highest BCUT2D eigenvalue weighted by Crippen LogP contribution is 2.05. The lowest BCUT2D eigenvalue weighted by molar-refractivity contribution is -0.137. The number of nitrogens with zero attached hydrogens (tertiary/aromatic N) is 2. The highest BCUT2D eigenvalue weighted by Gasteiger charge is 2.22. The van der Waals surface area contributed by atoms with Crippen LogP contribution < -0.4 is 5.32 Å². The van der Waals surface area contributed by atoms with Crippen molar-refractivity contribution in [2.75, 3.05) is 40.3 Å². The highest BCUT2D eigenvalue weighted by molar-refractivity contribution is 5.66. The van der Waals surface area contributed by atoms with Gasteiger partial charge in [0.15, 0.2) is 0 Å². The standard InChI is InChI=1S/C12H25N3O2/c1-10(4-5-12(16)17)13-8-11-9-14(2)6-7-15(11)3/h10-11,13H,4-9H2,1-3H3,(H,16,17). The van der Waals surface area contributed by atoms with Gasteiger partial charge in [-0.2, -0.15) is 0 Å². The Morgan fingerprint density at radius 3 is 2.82 bits per heavy atom. The van der Waals surface area contributed by atoms with Gasteiger partial charge in [0.1, 0.15) is 0 Å². The van der Waals surface area contributed by atoms with E-state index in [1.807, 2.05) is 0 Å². The molecule has 1 aliphatic rings. The zero-order chi connectivity index (χ0) is 12.8. The fourth-order valence-corrected chi connectivity index (χ4v) is 2.10. The van der Waals surface area contributed by atoms with Crippen LogP contribution in [0.3, 0.4) is 0 Å². The van der Waals surface area contributed by atoms with Gasteiger partial charge in [-0.05, 0) is 27.4 Å². The van der Waals surface area contributed by atoms with Crippen LogP contribution in [-0.2, 0) is 4.79 Å². The van der Waals surface area contributed by atoms with Crippen molar-refractivity contribution in [2.45, 2.75) is 31.8 Å². The second-order valence-electron chi connectivity index (χ2n) is 5.14. The Labute approximate surface area is 104 Å². The van der Waals surface area contributed by atoms with Crippen LogP contribution in [0.25, 0.3) is 0 Å². The second kappa shape index (κ2) is 6.93. The van der Waals surface area contributed by atoms with Crippen LogP contribution in [0.15, 0.2) is 0 Å². The number of carbonyl (C=O) groups is 1. The van der Waals surface area contributed by atoms with E-state index in [4.69, 9.17) is 5.11 Å². The monoisotopic (exact) mass is 243 g/mol. The third kappa shape index (κ3) is 5.48. The minimum absolute atomic E-state index is 0.245. The van der Waals surface area contributed by atoms with Crippen molar-refractivity contribution >= 4 is 5.97 Å². The van der Waals surface area contributed by atoms with Gasteiger partial charge in [0.05, 0.1) is 0 Å². The summed E-state index contributed by atoms with van der Waals surface area (Å²) in [6.07, 6.45) is 0.941. The molecule has 0 radical (unpaired) electrons. The lowest BCUT2D eigenvalue weighted by Gasteiger charge is -2.38. The van der Waals surface area contributed by atoms with E-state index in [0.717, 1.165) is 26.2 Å². The molecular weight excluding hydrogens is 218 g/mol. The Morgan fingerprint density at radius 2 is 2.18 bits per heavy atom. The molecule has 0 aromatic carbocycles. The number of aliphatic carboxylic acids is 1. The van der Waals surface area contributed by atoms with E-state index >= 15 is 0 Å². The zero-order valence-corrected chi connectivity index (χ0v) is 11.1. The topological polar surface area (TPSA) is 55.8 Å². The molecular formula is C12H25N3O2. The van der Waals surface area contributed by atoms with Gasteiger partial charge in [0, 0.05) is 44.7 Å². The average Bonchev–Trinajstić information content (AvgIpc) is 2.27. The summed E-state index contributed by atoms with van der Waals surface area (Å²) >= 11 is 0. The first kappa shape index (κ1) is 14.4. The SMILES string of the molecule is CC(CCC(=O)O)NCC1CN(C)CCN1C. The fourth-order valence-electron chi connectivity index (χ4n) is 2.10. The van der Waals surface area contributed by atoms with Gasteiger partial charge < -0.3 is 15.3 Å². The minimum atomic E-state index is -0.715. The molecule has 0 saturated carbocycles. The van der Waals surface area contributed by atoms with Crippen LogP contribution in [0.1, 0.15) is 19.8 Å². The summed E-state index contributed by atoms with van der Waals surface area (Å²) in [6.45, 7) is 6.29. The van der Waals surface area contributed by atoms with Crippen molar-refractivity contribution in [3.63, 3.8) is 0 Å². The number of nitrogens with one attached hydrogen (secondary N) is 1. The molecule has 17 heavy (non-hydrogen) atoms. The molecule has 0 aliphatic carbocycles. The van der Waals surface area contributed by atoms with Crippen LogP contribution in [-0.4, -0.2) is 73.2 Å². The van der Waals surface area contributed by atoms with Crippen LogP contribution in [0.5, 0.6) is 0 Å². The lowest BCUT2D eigenvalue weighted by atomic mass is 10.1. The Bertz CT molecular complexity index is 248. The maximum absolute atomic E-state index is 10.5. The number of carboxylic acid groups (broad SMARTS) is 1. The molecule has 0 amide bonds. The first-order chi connectivity index (χ1) is 7.99. The molecule has 0 aromatic heterocycles. The van der Waals surface area contributed by atoms with Crippen molar-refractivity contribution < 1.29 is 9.90 Å². The first-order valence-electron chi connectivity index (χ1n) is 6.33. The smallest absolute Gasteiger partial charge is 0.303 e. The maximum Gasteiger partial charge on any atom is 0.303 e. The van der Waals surface area contributed by atoms with Gasteiger partial charge in [-0.3, -0.25) is 9.69 Å². The molecule has 5 nitrogen and oxygen atoms in total. The Kier molecular flexibility index (Phi) is 5.88. The van der Waals surface area contributed by atoms with Gasteiger partial charge in [-0.15, -0.1) is 0 Å². The zero-order valence-electron chi connectivity index (χ0n) is 11.1. The van der Waals surface area contributed by atoms with Crippen LogP contribution in [0.4, 0.5) is 0 Å². The van der Waals surface area contributed by atoms with Gasteiger partial charge in [-0.1, -0.05) is 0 Å². The maximum atomic E-state index is 10.5. The van der Waals surface area contributed by atoms with Crippen molar-refractivity contribution in [1.82, 2.24) is 15.1 Å². The molecule has 2 atom stereocenters. The van der Waals surface area contributed by atoms with E-state index in [1.165, 1.54) is 0 Å². The molecule has 0 spiro atoms. The van der Waals surface area contributed by atoms with E-state index in [0.29, 0.717) is 12.5 Å². The summed E-state index contributed by atoms with van der Waals surface area (Å²) in [5, 5.41) is 12.0. The average molecular weight is 243 g/mol. The van der Waals surface area contributed by atoms with E-state index < -0.39 is 5.97 Å². The number of rotatable bonds is 6. The fraction of sp³-hybridized carbons (Fsp3) is 0.917. The lowest BCUT2D eigenvalue weighted by Crippen LogP contribution is -2.54. The minimum Gasteiger partial charge on any atom is -0.481 e. The molecule has 1 rings (SSSR count). The molecule has 2 N–H and O–H groups in total. The molecule has 1 fully saturated rings. The number of hydrogen-bond donors (Lipinski definition) is 2. The number of piperazine rings is 1. The highest BCUT2D eigenvalue weighted by atomic mass is 16.4. The van der Waals surface area contributed by atoms with Crippen molar-refractivity contribution in [1.29, 1.82) is 0 Å². The summed E-state index contributed by atoms with van der Waals surface area (Å²) < 4.78 is 0. The van der Waals surface area contributed by atoms with Crippen LogP contribution in [0, 0.1) is 0 Å². The summed E-state index contributed by atoms with van der Waals surface area (Å²) in [5.41, 5.74) is 0. The van der Waals surface area contributed by atoms with E-state index in [1.54, 1.807) is 0 Å². The molecule has 100 valence electrons. The van der Waals surface area contributed by atoms with Crippen molar-refractivity contribution in [3.05, 3.63) is 0 Å². The van der Waals surface area contributed by atoms with Crippen molar-refractivity contribution in [3.8, 4) is 0 Å². The first-order valence-corrected chi connectivity index (χ1v) is 6.33. The number of likely N-dealkylation sites (N-methyl/N-ethyl adjacent to an activating group) is 2. The van der Waals surface area contributed by atoms with Gasteiger partial charge in [-0.25, -0.2) is 0 Å². The van der Waals surface area contributed by atoms with Gasteiger partial charge >= 0.3 is 5.97 Å². The van der Waals surface area contributed by atoms with Gasteiger partial charge in [0.2, 0.25) is 0 Å². The summed E-state index contributed by atoms with van der Waals surface area (Å²) in [5.74, 6) is -0.715. The van der Waals surface area contributed by atoms with Crippen molar-refractivity contribution in [2.24, 2.45) is 0 Å². The van der Waals surface area contributed by atoms with Crippen LogP contribution >= 0.6 is 0 Å². The predicted molar refractivity (Wildman–Crippen MR) is 68.2 cm³/mol. The Hall–Kier alpha value is -0.650. The quantitative estimate of drug-likeness (QED) is 0.692. The van der Waals surface area contributed by atoms with E-state index in [-0.39, 0.29) is 12.5 Å². The Balaban J connectivity index is 2.21. The number of hydrogen-bond acceptors (Lipinski definition) is 4. The Morgan fingerprint density at radius 1 is 1.47 bits per heavy atom. The molecule has 1 saturated heterocycles. The molecule has 0 aromatic rings. The third-order valence-electron chi connectivity index (χ3n) is 3.47. The molecule has 5 heteroatoms. The number of carboxylic acids is 1. The second-order valence-corrected chi connectivity index (χ2v) is 5.14. The third-order valence-corrected chi connectivity index (χ3v) is 3.47. The van der Waals surface area contributed by atoms with E-state index in [2.05, 4.69) is 36.1 Å². The molecule has 1 heterocycles. The summed E-state index contributed by atoms with van der Waals surface area (Å²) in [7, 11) is 4.30. The summed E-state index contributed by atoms with van der Waals surface area (Å²) in [6, 6.07) is 0.799. The normalized spacial score (nSPS) is 24.8. The largest absolute Gasteiger partial charge is 0.481 e. The van der Waals surface area contributed by atoms with E-state index in [9.17, 15) is 4.79 Å². The molecule has 0 bridgehead atoms.